The largest absolute Gasteiger partial charge is 0.393 e. The van der Waals surface area contributed by atoms with Gasteiger partial charge in [-0.3, -0.25) is 4.79 Å². The molecule has 0 spiro atoms. The maximum Gasteiger partial charge on any atom is 0.257 e. The van der Waals surface area contributed by atoms with Crippen molar-refractivity contribution < 1.29 is 18.7 Å². The molecule has 0 heterocycles. The van der Waals surface area contributed by atoms with Gasteiger partial charge in [-0.05, 0) is 44.2 Å². The van der Waals surface area contributed by atoms with E-state index >= 15 is 0 Å². The summed E-state index contributed by atoms with van der Waals surface area (Å²) in [5.74, 6) is -2.38. The fraction of sp³-hybridized carbons (Fsp3) is 0.500. The first-order valence-electron chi connectivity index (χ1n) is 6.42. The Morgan fingerprint density at radius 2 is 1.89 bits per heavy atom. The molecule has 1 aliphatic carbocycles. The van der Waals surface area contributed by atoms with Crippen LogP contribution in [0, 0.1) is 18.6 Å². The highest BCUT2D eigenvalue weighted by atomic mass is 19.1. The highest BCUT2D eigenvalue weighted by Gasteiger charge is 2.24. The van der Waals surface area contributed by atoms with Gasteiger partial charge in [-0.15, -0.1) is 0 Å². The number of benzene rings is 1. The lowest BCUT2D eigenvalue weighted by atomic mass is 9.93. The Hall–Kier alpha value is -1.49. The molecule has 0 atom stereocenters. The highest BCUT2D eigenvalue weighted by Crippen LogP contribution is 2.20. The molecule has 19 heavy (non-hydrogen) atoms. The van der Waals surface area contributed by atoms with Crippen molar-refractivity contribution in [3.05, 3.63) is 34.9 Å². The lowest BCUT2D eigenvalue weighted by Gasteiger charge is -2.26. The number of hydrogen-bond donors (Lipinski definition) is 2. The van der Waals surface area contributed by atoms with Crippen LogP contribution in [0.2, 0.25) is 0 Å². The monoisotopic (exact) mass is 269 g/mol. The first-order chi connectivity index (χ1) is 8.99. The Kier molecular flexibility index (Phi) is 4.14. The van der Waals surface area contributed by atoms with E-state index < -0.39 is 23.1 Å². The minimum absolute atomic E-state index is 0.129. The van der Waals surface area contributed by atoms with Gasteiger partial charge in [-0.1, -0.05) is 6.07 Å². The van der Waals surface area contributed by atoms with Gasteiger partial charge in [-0.2, -0.15) is 0 Å². The Morgan fingerprint density at radius 1 is 1.26 bits per heavy atom. The van der Waals surface area contributed by atoms with Gasteiger partial charge in [0, 0.05) is 6.04 Å². The quantitative estimate of drug-likeness (QED) is 0.865. The normalized spacial score (nSPS) is 23.2. The van der Waals surface area contributed by atoms with Crippen LogP contribution < -0.4 is 5.32 Å². The Bertz CT molecular complexity index is 483. The zero-order valence-corrected chi connectivity index (χ0v) is 10.7. The number of aryl methyl sites for hydroxylation is 1. The zero-order chi connectivity index (χ0) is 14.0. The molecule has 0 saturated heterocycles. The minimum Gasteiger partial charge on any atom is -0.393 e. The number of aliphatic hydroxyl groups is 1. The van der Waals surface area contributed by atoms with Gasteiger partial charge in [0.05, 0.1) is 6.10 Å². The molecule has 1 aromatic carbocycles. The number of nitrogens with one attached hydrogen (secondary N) is 1. The molecule has 5 heteroatoms. The van der Waals surface area contributed by atoms with Gasteiger partial charge in [0.2, 0.25) is 0 Å². The molecule has 1 aliphatic rings. The maximum absolute atomic E-state index is 13.8. The van der Waals surface area contributed by atoms with Crippen LogP contribution in [0.1, 0.15) is 41.6 Å². The molecule has 0 aliphatic heterocycles. The van der Waals surface area contributed by atoms with E-state index in [1.165, 1.54) is 13.0 Å². The first kappa shape index (κ1) is 13.9. The number of rotatable bonds is 2. The van der Waals surface area contributed by atoms with E-state index in [1.807, 2.05) is 0 Å². The Labute approximate surface area is 110 Å². The predicted octanol–water partition coefficient (Wildman–Crippen LogP) is 2.31. The van der Waals surface area contributed by atoms with Gasteiger partial charge in [0.25, 0.3) is 5.91 Å². The predicted molar refractivity (Wildman–Crippen MR) is 66.8 cm³/mol. The van der Waals surface area contributed by atoms with Crippen molar-refractivity contribution in [2.45, 2.75) is 44.8 Å². The molecule has 1 saturated carbocycles. The molecule has 0 unspecified atom stereocenters. The van der Waals surface area contributed by atoms with E-state index in [-0.39, 0.29) is 17.7 Å². The summed E-state index contributed by atoms with van der Waals surface area (Å²) in [7, 11) is 0. The van der Waals surface area contributed by atoms with Crippen molar-refractivity contribution in [1.82, 2.24) is 5.32 Å². The summed E-state index contributed by atoms with van der Waals surface area (Å²) in [5.41, 5.74) is -0.281. The van der Waals surface area contributed by atoms with Crippen LogP contribution in [0.15, 0.2) is 12.1 Å². The van der Waals surface area contributed by atoms with Crippen molar-refractivity contribution in [2.24, 2.45) is 0 Å². The van der Waals surface area contributed by atoms with E-state index in [1.54, 1.807) is 0 Å². The molecule has 104 valence electrons. The third-order valence-corrected chi connectivity index (χ3v) is 3.54. The number of aliphatic hydroxyl groups excluding tert-OH is 1. The number of carbonyl (C=O) groups is 1. The summed E-state index contributed by atoms with van der Waals surface area (Å²) in [6, 6.07) is 2.27. The lowest BCUT2D eigenvalue weighted by molar-refractivity contribution is 0.0860. The number of hydrogen-bond acceptors (Lipinski definition) is 2. The molecule has 2 N–H and O–H groups in total. The van der Waals surface area contributed by atoms with Gasteiger partial charge in [-0.25, -0.2) is 8.78 Å². The van der Waals surface area contributed by atoms with Gasteiger partial charge in [0.1, 0.15) is 17.2 Å². The average molecular weight is 269 g/mol. The molecule has 2 rings (SSSR count). The van der Waals surface area contributed by atoms with Crippen LogP contribution in [0.4, 0.5) is 8.78 Å². The van der Waals surface area contributed by atoms with Crippen LogP contribution in [-0.2, 0) is 0 Å². The fourth-order valence-corrected chi connectivity index (χ4v) is 2.34. The van der Waals surface area contributed by atoms with Crippen molar-refractivity contribution in [3.8, 4) is 0 Å². The highest BCUT2D eigenvalue weighted by molar-refractivity contribution is 5.95. The molecular formula is C14H17F2NO2. The average Bonchev–Trinajstić information content (AvgIpc) is 2.37. The van der Waals surface area contributed by atoms with Crippen LogP contribution >= 0.6 is 0 Å². The number of carbonyl (C=O) groups excluding carboxylic acids is 1. The molecule has 1 fully saturated rings. The SMILES string of the molecule is Cc1ccc(F)c(C(=O)NC2CCC(O)CC2)c1F. The third kappa shape index (κ3) is 3.10. The molecule has 0 bridgehead atoms. The Balaban J connectivity index is 2.10. The van der Waals surface area contributed by atoms with E-state index in [2.05, 4.69) is 5.32 Å². The molecule has 0 aromatic heterocycles. The summed E-state index contributed by atoms with van der Waals surface area (Å²) in [5, 5.41) is 12.0. The summed E-state index contributed by atoms with van der Waals surface area (Å²) in [4.78, 5) is 11.9. The van der Waals surface area contributed by atoms with E-state index in [9.17, 15) is 18.7 Å². The summed E-state index contributed by atoms with van der Waals surface area (Å²) < 4.78 is 27.3. The van der Waals surface area contributed by atoms with Crippen molar-refractivity contribution in [1.29, 1.82) is 0 Å². The van der Waals surface area contributed by atoms with Crippen LogP contribution in [0.25, 0.3) is 0 Å². The van der Waals surface area contributed by atoms with Crippen LogP contribution in [0.5, 0.6) is 0 Å². The van der Waals surface area contributed by atoms with Crippen LogP contribution in [0.3, 0.4) is 0 Å². The van der Waals surface area contributed by atoms with Crippen molar-refractivity contribution in [3.63, 3.8) is 0 Å². The molecule has 3 nitrogen and oxygen atoms in total. The molecule has 1 amide bonds. The third-order valence-electron chi connectivity index (χ3n) is 3.54. The van der Waals surface area contributed by atoms with Gasteiger partial charge < -0.3 is 10.4 Å². The smallest absolute Gasteiger partial charge is 0.257 e. The fourth-order valence-electron chi connectivity index (χ4n) is 2.34. The lowest BCUT2D eigenvalue weighted by Crippen LogP contribution is -2.39. The molecule has 0 radical (unpaired) electrons. The van der Waals surface area contributed by atoms with E-state index in [0.717, 1.165) is 6.07 Å². The zero-order valence-electron chi connectivity index (χ0n) is 10.7. The second-order valence-electron chi connectivity index (χ2n) is 5.03. The molecule has 1 aromatic rings. The Morgan fingerprint density at radius 3 is 2.53 bits per heavy atom. The topological polar surface area (TPSA) is 49.3 Å². The van der Waals surface area contributed by atoms with E-state index in [0.29, 0.717) is 25.7 Å². The van der Waals surface area contributed by atoms with E-state index in [4.69, 9.17) is 0 Å². The maximum atomic E-state index is 13.8. The summed E-state index contributed by atoms with van der Waals surface area (Å²) in [6.45, 7) is 1.49. The standard InChI is InChI=1S/C14H17F2NO2/c1-8-2-7-11(15)12(13(8)16)14(19)17-9-3-5-10(18)6-4-9/h2,7,9-10,18H,3-6H2,1H3,(H,17,19). The second-order valence-corrected chi connectivity index (χ2v) is 5.03. The molecular weight excluding hydrogens is 252 g/mol. The first-order valence-corrected chi connectivity index (χ1v) is 6.42. The summed E-state index contributed by atoms with van der Waals surface area (Å²) >= 11 is 0. The second kappa shape index (κ2) is 5.65. The number of halogens is 2. The van der Waals surface area contributed by atoms with Crippen LogP contribution in [-0.4, -0.2) is 23.2 Å². The van der Waals surface area contributed by atoms with Gasteiger partial charge in [0.15, 0.2) is 0 Å². The number of amides is 1. The minimum atomic E-state index is -0.851. The van der Waals surface area contributed by atoms with Crippen molar-refractivity contribution in [2.75, 3.05) is 0 Å². The summed E-state index contributed by atoms with van der Waals surface area (Å²) in [6.07, 6.45) is 2.12. The van der Waals surface area contributed by atoms with Crippen molar-refractivity contribution >= 4 is 5.91 Å². The van der Waals surface area contributed by atoms with Gasteiger partial charge >= 0.3 is 0 Å².